The molecule has 0 aromatic rings. The number of hydrogen-bond donors (Lipinski definition) is 1. The molecule has 1 fully saturated rings. The van der Waals surface area contributed by atoms with Gasteiger partial charge in [-0.1, -0.05) is 6.08 Å². The third-order valence-corrected chi connectivity index (χ3v) is 1.65. The number of amides is 1. The van der Waals surface area contributed by atoms with E-state index in [2.05, 4.69) is 0 Å². The molecule has 0 spiro atoms. The average Bonchev–Trinajstić information content (AvgIpc) is 2.86. The highest BCUT2D eigenvalue weighted by molar-refractivity contribution is 5.85. The van der Waals surface area contributed by atoms with Gasteiger partial charge >= 0.3 is 0 Å². The molecule has 0 radical (unpaired) electrons. The van der Waals surface area contributed by atoms with E-state index in [0.717, 1.165) is 19.4 Å². The number of unbranched alkanes of at least 4 members (excludes halogenated alkanes) is 1. The molecule has 0 aromatic carbocycles. The summed E-state index contributed by atoms with van der Waals surface area (Å²) in [5, 5.41) is 0. The van der Waals surface area contributed by atoms with Crippen molar-refractivity contribution >= 4 is 5.91 Å². The Morgan fingerprint density at radius 2 is 2.46 bits per heavy atom. The Hall–Kier alpha value is -0.870. The molecule has 1 rings (SSSR count). The van der Waals surface area contributed by atoms with Crippen LogP contribution >= 0.6 is 0 Å². The van der Waals surface area contributed by atoms with Crippen LogP contribution in [0.15, 0.2) is 12.2 Å². The van der Waals surface area contributed by atoms with Crippen LogP contribution in [-0.2, 0) is 14.3 Å². The second kappa shape index (κ2) is 5.72. The molecule has 1 amide bonds. The van der Waals surface area contributed by atoms with Gasteiger partial charge in [-0.25, -0.2) is 0 Å². The van der Waals surface area contributed by atoms with Crippen molar-refractivity contribution < 1.29 is 14.3 Å². The lowest BCUT2D eigenvalue weighted by atomic mass is 10.3. The number of hydrogen-bond acceptors (Lipinski definition) is 3. The van der Waals surface area contributed by atoms with E-state index in [1.165, 1.54) is 6.08 Å². The zero-order valence-electron chi connectivity index (χ0n) is 7.57. The maximum absolute atomic E-state index is 10.3. The van der Waals surface area contributed by atoms with Crippen molar-refractivity contribution in [3.8, 4) is 0 Å². The van der Waals surface area contributed by atoms with Gasteiger partial charge in [-0.2, -0.15) is 0 Å². The quantitative estimate of drug-likeness (QED) is 0.350. The first kappa shape index (κ1) is 10.2. The van der Waals surface area contributed by atoms with Gasteiger partial charge in [0.05, 0.1) is 13.2 Å². The van der Waals surface area contributed by atoms with E-state index in [9.17, 15) is 4.79 Å². The highest BCUT2D eigenvalue weighted by atomic mass is 16.6. The Morgan fingerprint density at radius 3 is 3.08 bits per heavy atom. The van der Waals surface area contributed by atoms with Crippen molar-refractivity contribution in [2.45, 2.75) is 18.9 Å². The van der Waals surface area contributed by atoms with Crippen LogP contribution < -0.4 is 5.73 Å². The maximum Gasteiger partial charge on any atom is 0.241 e. The van der Waals surface area contributed by atoms with E-state index in [0.29, 0.717) is 19.3 Å². The van der Waals surface area contributed by atoms with Crippen molar-refractivity contribution in [1.82, 2.24) is 0 Å². The standard InChI is InChI=1S/C9H15NO3/c10-9(11)4-2-1-3-5-12-6-8-7-13-8/h2,4,8H,1,3,5-7H2,(H2,10,11). The Morgan fingerprint density at radius 1 is 1.69 bits per heavy atom. The van der Waals surface area contributed by atoms with E-state index in [1.807, 2.05) is 0 Å². The minimum atomic E-state index is -0.396. The molecule has 4 nitrogen and oxygen atoms in total. The topological polar surface area (TPSA) is 64.9 Å². The Bertz CT molecular complexity index is 187. The minimum absolute atomic E-state index is 0.334. The zero-order valence-corrected chi connectivity index (χ0v) is 7.57. The molecule has 0 aliphatic carbocycles. The van der Waals surface area contributed by atoms with Crippen molar-refractivity contribution in [3.05, 3.63) is 12.2 Å². The fourth-order valence-electron chi connectivity index (χ4n) is 0.882. The third kappa shape index (κ3) is 6.31. The molecule has 0 bridgehead atoms. The molecule has 4 heteroatoms. The number of carbonyl (C=O) groups is 1. The van der Waals surface area contributed by atoms with Gasteiger partial charge in [0.1, 0.15) is 6.10 Å². The largest absolute Gasteiger partial charge is 0.379 e. The summed E-state index contributed by atoms with van der Waals surface area (Å²) in [6, 6.07) is 0. The van der Waals surface area contributed by atoms with Gasteiger partial charge in [-0.3, -0.25) is 4.79 Å². The molecule has 1 aliphatic heterocycles. The first-order valence-corrected chi connectivity index (χ1v) is 4.44. The summed E-state index contributed by atoms with van der Waals surface area (Å²) in [4.78, 5) is 10.3. The SMILES string of the molecule is NC(=O)C=CCCCOCC1CO1. The molecule has 13 heavy (non-hydrogen) atoms. The summed E-state index contributed by atoms with van der Waals surface area (Å²) < 4.78 is 10.3. The first-order valence-electron chi connectivity index (χ1n) is 4.44. The molecule has 0 aromatic heterocycles. The predicted molar refractivity (Wildman–Crippen MR) is 48.1 cm³/mol. The van der Waals surface area contributed by atoms with Crippen LogP contribution in [0.3, 0.4) is 0 Å². The smallest absolute Gasteiger partial charge is 0.241 e. The van der Waals surface area contributed by atoms with Gasteiger partial charge in [0.2, 0.25) is 5.91 Å². The van der Waals surface area contributed by atoms with Crippen LogP contribution in [0.25, 0.3) is 0 Å². The van der Waals surface area contributed by atoms with Crippen molar-refractivity contribution in [2.75, 3.05) is 19.8 Å². The van der Waals surface area contributed by atoms with Crippen LogP contribution in [0.2, 0.25) is 0 Å². The predicted octanol–water partition coefficient (Wildman–Crippen LogP) is 0.223. The van der Waals surface area contributed by atoms with Crippen LogP contribution in [0.1, 0.15) is 12.8 Å². The van der Waals surface area contributed by atoms with Crippen LogP contribution in [0.4, 0.5) is 0 Å². The minimum Gasteiger partial charge on any atom is -0.379 e. The van der Waals surface area contributed by atoms with E-state index in [1.54, 1.807) is 6.08 Å². The van der Waals surface area contributed by atoms with E-state index >= 15 is 0 Å². The van der Waals surface area contributed by atoms with E-state index in [4.69, 9.17) is 15.2 Å². The molecule has 1 aliphatic rings. The van der Waals surface area contributed by atoms with Gasteiger partial charge in [-0.05, 0) is 18.9 Å². The molecule has 0 saturated carbocycles. The molecular weight excluding hydrogens is 170 g/mol. The second-order valence-corrected chi connectivity index (χ2v) is 2.98. The van der Waals surface area contributed by atoms with E-state index < -0.39 is 5.91 Å². The third-order valence-electron chi connectivity index (χ3n) is 1.65. The molecule has 1 saturated heterocycles. The Kier molecular flexibility index (Phi) is 4.49. The number of primary amides is 1. The molecule has 2 N–H and O–H groups in total. The highest BCUT2D eigenvalue weighted by Gasteiger charge is 2.21. The van der Waals surface area contributed by atoms with Gasteiger partial charge in [0.25, 0.3) is 0 Å². The summed E-state index contributed by atoms with van der Waals surface area (Å²) in [6.07, 6.45) is 5.22. The normalized spacial score (nSPS) is 20.8. The van der Waals surface area contributed by atoms with Crippen LogP contribution in [-0.4, -0.2) is 31.8 Å². The number of ether oxygens (including phenoxy) is 2. The maximum atomic E-state index is 10.3. The molecule has 1 atom stereocenters. The van der Waals surface area contributed by atoms with Gasteiger partial charge < -0.3 is 15.2 Å². The molecule has 1 heterocycles. The second-order valence-electron chi connectivity index (χ2n) is 2.98. The summed E-state index contributed by atoms with van der Waals surface area (Å²) in [6.45, 7) is 2.24. The Balaban J connectivity index is 1.80. The lowest BCUT2D eigenvalue weighted by molar-refractivity contribution is -0.113. The number of carbonyl (C=O) groups excluding carboxylic acids is 1. The molecule has 74 valence electrons. The van der Waals surface area contributed by atoms with Crippen molar-refractivity contribution in [1.29, 1.82) is 0 Å². The van der Waals surface area contributed by atoms with Gasteiger partial charge in [-0.15, -0.1) is 0 Å². The van der Waals surface area contributed by atoms with Gasteiger partial charge in [0.15, 0.2) is 0 Å². The fraction of sp³-hybridized carbons (Fsp3) is 0.667. The average molecular weight is 185 g/mol. The van der Waals surface area contributed by atoms with E-state index in [-0.39, 0.29) is 0 Å². The summed E-state index contributed by atoms with van der Waals surface area (Å²) in [5.74, 6) is -0.396. The summed E-state index contributed by atoms with van der Waals surface area (Å²) in [7, 11) is 0. The first-order chi connectivity index (χ1) is 6.29. The monoisotopic (exact) mass is 185 g/mol. The van der Waals surface area contributed by atoms with Crippen LogP contribution in [0, 0.1) is 0 Å². The number of epoxide rings is 1. The van der Waals surface area contributed by atoms with Gasteiger partial charge in [0, 0.05) is 6.61 Å². The summed E-state index contributed by atoms with van der Waals surface area (Å²) >= 11 is 0. The molecular formula is C9H15NO3. The lowest BCUT2D eigenvalue weighted by Crippen LogP contribution is -2.05. The van der Waals surface area contributed by atoms with Crippen molar-refractivity contribution in [2.24, 2.45) is 5.73 Å². The Labute approximate surface area is 77.7 Å². The highest BCUT2D eigenvalue weighted by Crippen LogP contribution is 2.08. The number of rotatable bonds is 7. The zero-order chi connectivity index (χ0) is 9.52. The number of allylic oxidation sites excluding steroid dienone is 1. The molecule has 1 unspecified atom stereocenters. The van der Waals surface area contributed by atoms with Crippen molar-refractivity contribution in [3.63, 3.8) is 0 Å². The van der Waals surface area contributed by atoms with Crippen LogP contribution in [0.5, 0.6) is 0 Å². The fourth-order valence-corrected chi connectivity index (χ4v) is 0.882. The number of nitrogens with two attached hydrogens (primary N) is 1. The lowest BCUT2D eigenvalue weighted by Gasteiger charge is -1.98. The summed E-state index contributed by atoms with van der Waals surface area (Å²) in [5.41, 5.74) is 4.91.